The molecule has 0 fully saturated rings. The highest BCUT2D eigenvalue weighted by Crippen LogP contribution is 2.15. The number of halogens is 2. The highest BCUT2D eigenvalue weighted by atomic mass is 19.1. The monoisotopic (exact) mass is 334 g/mol. The van der Waals surface area contributed by atoms with Crippen LogP contribution in [0.4, 0.5) is 14.5 Å². The Kier molecular flexibility index (Phi) is 5.47. The Morgan fingerprint density at radius 3 is 2.38 bits per heavy atom. The Balaban J connectivity index is 1.90. The maximum atomic E-state index is 13.0. The van der Waals surface area contributed by atoms with Gasteiger partial charge in [0, 0.05) is 12.2 Å². The molecular formula is C17H16F2N2O3. The van der Waals surface area contributed by atoms with Crippen LogP contribution in [-0.4, -0.2) is 18.0 Å². The number of carbonyl (C=O) groups excluding carboxylic acids is 2. The van der Waals surface area contributed by atoms with Gasteiger partial charge in [0.15, 0.2) is 6.10 Å². The number of esters is 1. The summed E-state index contributed by atoms with van der Waals surface area (Å²) in [6.45, 7) is 1.57. The van der Waals surface area contributed by atoms with E-state index in [-0.39, 0.29) is 23.6 Å². The van der Waals surface area contributed by atoms with Gasteiger partial charge in [-0.25, -0.2) is 13.6 Å². The first kappa shape index (κ1) is 17.4. The van der Waals surface area contributed by atoms with Gasteiger partial charge in [-0.2, -0.15) is 0 Å². The molecule has 0 heterocycles. The van der Waals surface area contributed by atoms with Crippen molar-refractivity contribution in [2.45, 2.75) is 19.6 Å². The third-order valence-corrected chi connectivity index (χ3v) is 3.27. The van der Waals surface area contributed by atoms with Gasteiger partial charge in [-0.1, -0.05) is 12.1 Å². The summed E-state index contributed by atoms with van der Waals surface area (Å²) in [4.78, 5) is 23.9. The molecule has 3 N–H and O–H groups in total. The van der Waals surface area contributed by atoms with Gasteiger partial charge >= 0.3 is 5.97 Å². The van der Waals surface area contributed by atoms with E-state index >= 15 is 0 Å². The number of hydrogen-bond acceptors (Lipinski definition) is 4. The van der Waals surface area contributed by atoms with Crippen molar-refractivity contribution < 1.29 is 23.1 Å². The molecule has 0 aliphatic heterocycles. The number of carbonyl (C=O) groups is 2. The fourth-order valence-electron chi connectivity index (χ4n) is 1.93. The number of benzene rings is 2. The predicted molar refractivity (Wildman–Crippen MR) is 83.9 cm³/mol. The number of ether oxygens (including phenoxy) is 1. The van der Waals surface area contributed by atoms with Crippen molar-refractivity contribution in [2.24, 2.45) is 0 Å². The van der Waals surface area contributed by atoms with Crippen molar-refractivity contribution in [3.8, 4) is 0 Å². The van der Waals surface area contributed by atoms with E-state index < -0.39 is 23.8 Å². The summed E-state index contributed by atoms with van der Waals surface area (Å²) in [5.41, 5.74) is 6.16. The third-order valence-electron chi connectivity index (χ3n) is 3.27. The highest BCUT2D eigenvalue weighted by molar-refractivity contribution is 5.96. The van der Waals surface area contributed by atoms with Gasteiger partial charge < -0.3 is 15.8 Å². The molecule has 0 saturated heterocycles. The molecule has 0 aliphatic carbocycles. The van der Waals surface area contributed by atoms with E-state index in [9.17, 15) is 18.4 Å². The first-order chi connectivity index (χ1) is 11.4. The van der Waals surface area contributed by atoms with Gasteiger partial charge in [0.05, 0.1) is 5.56 Å². The van der Waals surface area contributed by atoms with Crippen LogP contribution in [0, 0.1) is 11.6 Å². The molecule has 126 valence electrons. The maximum Gasteiger partial charge on any atom is 0.341 e. The van der Waals surface area contributed by atoms with Crippen molar-refractivity contribution in [2.75, 3.05) is 5.73 Å². The second-order valence-corrected chi connectivity index (χ2v) is 5.12. The van der Waals surface area contributed by atoms with Crippen LogP contribution in [0.15, 0.2) is 42.5 Å². The standard InChI is InChI=1S/C17H16F2N2O3/c1-10(16(22)21-9-11-2-4-12(18)5-3-11)24-17(23)14-7-6-13(19)8-15(14)20/h2-8,10H,9,20H2,1H3,(H,21,22)/t10-/m0/s1. The molecule has 0 aromatic heterocycles. The first-order valence-electron chi connectivity index (χ1n) is 7.15. The molecule has 24 heavy (non-hydrogen) atoms. The van der Waals surface area contributed by atoms with Crippen LogP contribution in [0.5, 0.6) is 0 Å². The van der Waals surface area contributed by atoms with Gasteiger partial charge in [-0.05, 0) is 42.8 Å². The minimum absolute atomic E-state index is 0.0189. The quantitative estimate of drug-likeness (QED) is 0.650. The lowest BCUT2D eigenvalue weighted by atomic mass is 10.2. The number of rotatable bonds is 5. The molecule has 2 rings (SSSR count). The van der Waals surface area contributed by atoms with Gasteiger partial charge in [-0.15, -0.1) is 0 Å². The van der Waals surface area contributed by atoms with Crippen LogP contribution in [0.3, 0.4) is 0 Å². The SMILES string of the molecule is C[C@H](OC(=O)c1ccc(F)cc1N)C(=O)NCc1ccc(F)cc1. The number of amides is 1. The molecule has 1 atom stereocenters. The average Bonchev–Trinajstić information content (AvgIpc) is 2.53. The zero-order valence-corrected chi connectivity index (χ0v) is 12.9. The molecule has 5 nitrogen and oxygen atoms in total. The molecule has 7 heteroatoms. The second kappa shape index (κ2) is 7.54. The summed E-state index contributed by atoms with van der Waals surface area (Å²) in [5, 5.41) is 2.57. The third kappa shape index (κ3) is 4.52. The van der Waals surface area contributed by atoms with Gasteiger partial charge in [0.25, 0.3) is 5.91 Å². The molecule has 0 spiro atoms. The molecule has 1 amide bonds. The van der Waals surface area contributed by atoms with Crippen LogP contribution in [-0.2, 0) is 16.1 Å². The van der Waals surface area contributed by atoms with E-state index in [4.69, 9.17) is 10.5 Å². The number of nitrogens with two attached hydrogens (primary N) is 1. The molecule has 0 aliphatic rings. The summed E-state index contributed by atoms with van der Waals surface area (Å²) in [7, 11) is 0. The Morgan fingerprint density at radius 2 is 1.75 bits per heavy atom. The molecule has 0 radical (unpaired) electrons. The fourth-order valence-corrected chi connectivity index (χ4v) is 1.93. The summed E-state index contributed by atoms with van der Waals surface area (Å²) >= 11 is 0. The van der Waals surface area contributed by atoms with Gasteiger partial charge in [-0.3, -0.25) is 4.79 Å². The largest absolute Gasteiger partial charge is 0.449 e. The van der Waals surface area contributed by atoms with Crippen LogP contribution < -0.4 is 11.1 Å². The number of hydrogen-bond donors (Lipinski definition) is 2. The van der Waals surface area contributed by atoms with Crippen molar-refractivity contribution in [3.63, 3.8) is 0 Å². The normalized spacial score (nSPS) is 11.6. The molecule has 0 bridgehead atoms. The smallest absolute Gasteiger partial charge is 0.341 e. The fraction of sp³-hybridized carbons (Fsp3) is 0.176. The number of anilines is 1. The Hall–Kier alpha value is -2.96. The summed E-state index contributed by atoms with van der Waals surface area (Å²) in [6.07, 6.45) is -1.07. The lowest BCUT2D eigenvalue weighted by Gasteiger charge is -2.14. The van der Waals surface area contributed by atoms with E-state index in [1.807, 2.05) is 0 Å². The highest BCUT2D eigenvalue weighted by Gasteiger charge is 2.20. The van der Waals surface area contributed by atoms with E-state index in [1.54, 1.807) is 0 Å². The Labute approximate surface area is 137 Å². The van der Waals surface area contributed by atoms with Gasteiger partial charge in [0.1, 0.15) is 11.6 Å². The van der Waals surface area contributed by atoms with Crippen LogP contribution in [0.2, 0.25) is 0 Å². The van der Waals surface area contributed by atoms with E-state index in [0.717, 1.165) is 12.1 Å². The van der Waals surface area contributed by atoms with Crippen molar-refractivity contribution >= 4 is 17.6 Å². The average molecular weight is 334 g/mol. The van der Waals surface area contributed by atoms with E-state index in [0.29, 0.717) is 5.56 Å². The first-order valence-corrected chi connectivity index (χ1v) is 7.15. The molecule has 2 aromatic rings. The Morgan fingerprint density at radius 1 is 1.12 bits per heavy atom. The van der Waals surface area contributed by atoms with Crippen molar-refractivity contribution in [3.05, 3.63) is 65.2 Å². The Bertz CT molecular complexity index is 748. The van der Waals surface area contributed by atoms with E-state index in [1.165, 1.54) is 37.3 Å². The van der Waals surface area contributed by atoms with Crippen molar-refractivity contribution in [1.29, 1.82) is 0 Å². The van der Waals surface area contributed by atoms with Crippen LogP contribution in [0.25, 0.3) is 0 Å². The van der Waals surface area contributed by atoms with E-state index in [2.05, 4.69) is 5.32 Å². The molecule has 0 saturated carbocycles. The maximum absolute atomic E-state index is 13.0. The van der Waals surface area contributed by atoms with Crippen LogP contribution >= 0.6 is 0 Å². The zero-order chi connectivity index (χ0) is 17.7. The lowest BCUT2D eigenvalue weighted by Crippen LogP contribution is -2.35. The number of nitrogens with one attached hydrogen (secondary N) is 1. The summed E-state index contributed by atoms with van der Waals surface area (Å²) in [6, 6.07) is 8.89. The summed E-state index contributed by atoms with van der Waals surface area (Å²) < 4.78 is 30.8. The van der Waals surface area contributed by atoms with Crippen molar-refractivity contribution in [1.82, 2.24) is 5.32 Å². The minimum atomic E-state index is -1.07. The minimum Gasteiger partial charge on any atom is -0.449 e. The predicted octanol–water partition coefficient (Wildman–Crippen LogP) is 2.41. The summed E-state index contributed by atoms with van der Waals surface area (Å²) in [5.74, 6) is -2.29. The number of nitrogen functional groups attached to an aromatic ring is 1. The van der Waals surface area contributed by atoms with Crippen LogP contribution in [0.1, 0.15) is 22.8 Å². The molecule has 2 aromatic carbocycles. The topological polar surface area (TPSA) is 81.4 Å². The molecular weight excluding hydrogens is 318 g/mol. The lowest BCUT2D eigenvalue weighted by molar-refractivity contribution is -0.129. The van der Waals surface area contributed by atoms with Gasteiger partial charge in [0.2, 0.25) is 0 Å². The molecule has 0 unspecified atom stereocenters. The second-order valence-electron chi connectivity index (χ2n) is 5.12. The zero-order valence-electron chi connectivity index (χ0n) is 12.9.